The molecule has 1 saturated carbocycles. The molecule has 2 fully saturated rings. The van der Waals surface area contributed by atoms with Gasteiger partial charge in [0.05, 0.1) is 12.2 Å². The van der Waals surface area contributed by atoms with Gasteiger partial charge in [-0.15, -0.1) is 0 Å². The summed E-state index contributed by atoms with van der Waals surface area (Å²) in [4.78, 5) is 19.4. The number of rotatable bonds is 4. The fourth-order valence-corrected chi connectivity index (χ4v) is 3.86. The average molecular weight is 329 g/mol. The molecule has 7 heteroatoms. The zero-order chi connectivity index (χ0) is 16.7. The molecule has 1 aliphatic heterocycles. The predicted octanol–water partition coefficient (Wildman–Crippen LogP) is 1.50. The third kappa shape index (κ3) is 2.62. The van der Waals surface area contributed by atoms with Gasteiger partial charge in [-0.1, -0.05) is 5.16 Å². The van der Waals surface area contributed by atoms with Crippen LogP contribution in [0.4, 0.5) is 0 Å². The molecule has 0 radical (unpaired) electrons. The minimum atomic E-state index is -0.0843. The van der Waals surface area contributed by atoms with Crippen molar-refractivity contribution in [2.24, 2.45) is 12.5 Å². The van der Waals surface area contributed by atoms with Crippen molar-refractivity contribution in [3.8, 4) is 0 Å². The lowest BCUT2D eigenvalue weighted by Gasteiger charge is -2.29. The van der Waals surface area contributed by atoms with E-state index in [-0.39, 0.29) is 17.4 Å². The van der Waals surface area contributed by atoms with Crippen LogP contribution in [0.15, 0.2) is 23.0 Å². The quantitative estimate of drug-likeness (QED) is 0.920. The Labute approximate surface area is 141 Å². The maximum Gasteiger partial charge on any atom is 0.293 e. The van der Waals surface area contributed by atoms with E-state index in [1.807, 2.05) is 29.6 Å². The summed E-state index contributed by atoms with van der Waals surface area (Å²) < 4.78 is 7.19. The molecule has 0 bridgehead atoms. The van der Waals surface area contributed by atoms with E-state index in [4.69, 9.17) is 4.52 Å². The molecular weight excluding hydrogens is 306 g/mol. The number of nitrogens with zero attached hydrogens (tertiary/aromatic N) is 4. The summed E-state index contributed by atoms with van der Waals surface area (Å²) in [6, 6.07) is 1.97. The second-order valence-corrected chi connectivity index (χ2v) is 7.05. The first-order valence-electron chi connectivity index (χ1n) is 8.50. The molecule has 4 rings (SSSR count). The van der Waals surface area contributed by atoms with Crippen molar-refractivity contribution >= 4 is 5.91 Å². The van der Waals surface area contributed by atoms with Crippen LogP contribution in [0.25, 0.3) is 0 Å². The van der Waals surface area contributed by atoms with Crippen molar-refractivity contribution in [3.05, 3.63) is 35.7 Å². The Morgan fingerprint density at radius 1 is 1.50 bits per heavy atom. The first-order chi connectivity index (χ1) is 11.6. The van der Waals surface area contributed by atoms with E-state index < -0.39 is 0 Å². The highest BCUT2D eigenvalue weighted by molar-refractivity contribution is 5.92. The zero-order valence-corrected chi connectivity index (χ0v) is 14.2. The van der Waals surface area contributed by atoms with E-state index in [2.05, 4.69) is 15.5 Å². The van der Waals surface area contributed by atoms with Gasteiger partial charge in [0.1, 0.15) is 5.82 Å². The summed E-state index contributed by atoms with van der Waals surface area (Å²) in [7, 11) is 1.96. The molecule has 2 aliphatic rings. The van der Waals surface area contributed by atoms with Gasteiger partial charge in [-0.2, -0.15) is 0 Å². The lowest BCUT2D eigenvalue weighted by molar-refractivity contribution is 0.0643. The predicted molar refractivity (Wildman–Crippen MR) is 87.3 cm³/mol. The molecule has 7 nitrogen and oxygen atoms in total. The van der Waals surface area contributed by atoms with Crippen molar-refractivity contribution in [1.29, 1.82) is 0 Å². The van der Waals surface area contributed by atoms with E-state index in [0.29, 0.717) is 12.3 Å². The molecule has 3 heterocycles. The summed E-state index contributed by atoms with van der Waals surface area (Å²) in [5, 5.41) is 7.28. The molecule has 1 atom stereocenters. The highest BCUT2D eigenvalue weighted by Gasteiger charge is 2.58. The Hall–Kier alpha value is -2.15. The van der Waals surface area contributed by atoms with Crippen LogP contribution in [0.3, 0.4) is 0 Å². The Kier molecular flexibility index (Phi) is 3.68. The van der Waals surface area contributed by atoms with Crippen LogP contribution in [-0.2, 0) is 13.6 Å². The SMILES string of the molecule is Cc1cc(C(=O)N(Cc2nccn2C)[C@H]2CC23CCNCC3)on1. The van der Waals surface area contributed by atoms with Gasteiger partial charge in [0, 0.05) is 31.5 Å². The smallest absolute Gasteiger partial charge is 0.293 e. The molecule has 1 saturated heterocycles. The number of hydrogen-bond acceptors (Lipinski definition) is 5. The van der Waals surface area contributed by atoms with Gasteiger partial charge in [-0.05, 0) is 44.7 Å². The van der Waals surface area contributed by atoms with Crippen molar-refractivity contribution in [1.82, 2.24) is 24.9 Å². The minimum Gasteiger partial charge on any atom is -0.351 e. The van der Waals surface area contributed by atoms with E-state index in [0.717, 1.165) is 43.9 Å². The molecule has 1 N–H and O–H groups in total. The lowest BCUT2D eigenvalue weighted by atomic mass is 9.93. The molecule has 1 aliphatic carbocycles. The lowest BCUT2D eigenvalue weighted by Crippen LogP contribution is -2.39. The van der Waals surface area contributed by atoms with E-state index >= 15 is 0 Å². The van der Waals surface area contributed by atoms with Gasteiger partial charge in [0.15, 0.2) is 0 Å². The molecule has 0 aromatic carbocycles. The molecule has 2 aromatic rings. The van der Waals surface area contributed by atoms with Gasteiger partial charge in [0.25, 0.3) is 5.91 Å². The fourth-order valence-electron chi connectivity index (χ4n) is 3.86. The number of aromatic nitrogens is 3. The van der Waals surface area contributed by atoms with Gasteiger partial charge in [-0.3, -0.25) is 4.79 Å². The number of imidazole rings is 1. The van der Waals surface area contributed by atoms with E-state index in [1.54, 1.807) is 12.3 Å². The molecular formula is C17H23N5O2. The Morgan fingerprint density at radius 3 is 2.92 bits per heavy atom. The Balaban J connectivity index is 1.60. The number of piperidine rings is 1. The van der Waals surface area contributed by atoms with Gasteiger partial charge < -0.3 is 19.3 Å². The van der Waals surface area contributed by atoms with Gasteiger partial charge in [0.2, 0.25) is 5.76 Å². The van der Waals surface area contributed by atoms with Crippen LogP contribution in [0.1, 0.15) is 41.3 Å². The normalized spacial score (nSPS) is 21.8. The maximum atomic E-state index is 13.0. The van der Waals surface area contributed by atoms with Crippen molar-refractivity contribution in [3.63, 3.8) is 0 Å². The molecule has 1 spiro atoms. The second-order valence-electron chi connectivity index (χ2n) is 7.05. The maximum absolute atomic E-state index is 13.0. The van der Waals surface area contributed by atoms with Gasteiger partial charge >= 0.3 is 0 Å². The summed E-state index contributed by atoms with van der Waals surface area (Å²) in [6.45, 7) is 4.39. The zero-order valence-electron chi connectivity index (χ0n) is 14.2. The Bertz CT molecular complexity index is 744. The van der Waals surface area contributed by atoms with Crippen molar-refractivity contribution in [2.45, 2.75) is 38.8 Å². The molecule has 1 amide bonds. The van der Waals surface area contributed by atoms with Crippen LogP contribution < -0.4 is 5.32 Å². The highest BCUT2D eigenvalue weighted by atomic mass is 16.5. The molecule has 2 aromatic heterocycles. The standard InChI is InChI=1S/C17H23N5O2/c1-12-9-13(24-20-12)16(23)22(11-15-19-7-8-21(15)2)14-10-17(14)3-5-18-6-4-17/h7-9,14,18H,3-6,10-11H2,1-2H3/t14-/m0/s1. The van der Waals surface area contributed by atoms with Crippen molar-refractivity contribution in [2.75, 3.05) is 13.1 Å². The van der Waals surface area contributed by atoms with E-state index in [1.165, 1.54) is 0 Å². The number of carbonyl (C=O) groups is 1. The average Bonchev–Trinajstić information content (AvgIpc) is 2.91. The minimum absolute atomic E-state index is 0.0843. The second kappa shape index (κ2) is 5.73. The van der Waals surface area contributed by atoms with Crippen molar-refractivity contribution < 1.29 is 9.32 Å². The van der Waals surface area contributed by atoms with Crippen LogP contribution in [0.5, 0.6) is 0 Å². The fraction of sp³-hybridized carbons (Fsp3) is 0.588. The number of carbonyl (C=O) groups excluding carboxylic acids is 1. The summed E-state index contributed by atoms with van der Waals surface area (Å²) in [6.07, 6.45) is 6.99. The Morgan fingerprint density at radius 2 is 2.29 bits per heavy atom. The third-order valence-corrected chi connectivity index (χ3v) is 5.45. The van der Waals surface area contributed by atoms with Crippen LogP contribution in [-0.4, -0.2) is 44.6 Å². The monoisotopic (exact) mass is 329 g/mol. The summed E-state index contributed by atoms with van der Waals surface area (Å²) in [5.74, 6) is 1.12. The molecule has 128 valence electrons. The summed E-state index contributed by atoms with van der Waals surface area (Å²) >= 11 is 0. The van der Waals surface area contributed by atoms with Gasteiger partial charge in [-0.25, -0.2) is 4.98 Å². The number of hydrogen-bond donors (Lipinski definition) is 1. The largest absolute Gasteiger partial charge is 0.351 e. The first kappa shape index (κ1) is 15.4. The van der Waals surface area contributed by atoms with Crippen LogP contribution in [0.2, 0.25) is 0 Å². The number of amides is 1. The number of nitrogens with one attached hydrogen (secondary N) is 1. The number of aryl methyl sites for hydroxylation is 2. The molecule has 24 heavy (non-hydrogen) atoms. The summed E-state index contributed by atoms with van der Waals surface area (Å²) in [5.41, 5.74) is 0.990. The first-order valence-corrected chi connectivity index (χ1v) is 8.50. The van der Waals surface area contributed by atoms with Crippen LogP contribution in [0, 0.1) is 12.3 Å². The van der Waals surface area contributed by atoms with Crippen LogP contribution >= 0.6 is 0 Å². The highest BCUT2D eigenvalue weighted by Crippen LogP contribution is 2.56. The molecule has 0 unspecified atom stereocenters. The topological polar surface area (TPSA) is 76.2 Å². The van der Waals surface area contributed by atoms with E-state index in [9.17, 15) is 4.79 Å². The third-order valence-electron chi connectivity index (χ3n) is 5.45.